The number of benzene rings is 2. The van der Waals surface area contributed by atoms with Gasteiger partial charge in [-0.3, -0.25) is 0 Å². The van der Waals surface area contributed by atoms with E-state index < -0.39 is 0 Å². The number of rotatable bonds is 5. The summed E-state index contributed by atoms with van der Waals surface area (Å²) in [5, 5.41) is 14.1. The molecule has 2 aromatic heterocycles. The molecule has 130 valence electrons. The molecule has 4 rings (SSSR count). The summed E-state index contributed by atoms with van der Waals surface area (Å²) in [6.07, 6.45) is 0. The van der Waals surface area contributed by atoms with Gasteiger partial charge in [0, 0.05) is 15.8 Å². The largest absolute Gasteiger partial charge is 0.497 e. The van der Waals surface area contributed by atoms with Crippen LogP contribution in [0.1, 0.15) is 5.56 Å². The Morgan fingerprint density at radius 3 is 2.46 bits per heavy atom. The number of methoxy groups -OCH3 is 1. The quantitative estimate of drug-likeness (QED) is 0.426. The monoisotopic (exact) mass is 426 g/mol. The van der Waals surface area contributed by atoms with Crippen molar-refractivity contribution in [2.75, 3.05) is 7.11 Å². The molecule has 0 bridgehead atoms. The highest BCUT2D eigenvalue weighted by Gasteiger charge is 2.10. The van der Waals surface area contributed by atoms with Crippen LogP contribution < -0.4 is 4.74 Å². The SMILES string of the molecule is COc1ccc(-c2nnc3ccc(SCc4ccc(Br)cc4)nn23)cc1. The summed E-state index contributed by atoms with van der Waals surface area (Å²) in [6, 6.07) is 20.0. The molecule has 7 heteroatoms. The van der Waals surface area contributed by atoms with E-state index in [0.717, 1.165) is 32.2 Å². The average Bonchev–Trinajstić information content (AvgIpc) is 3.11. The first-order chi connectivity index (χ1) is 12.7. The second-order valence-electron chi connectivity index (χ2n) is 5.61. The fourth-order valence-electron chi connectivity index (χ4n) is 2.51. The van der Waals surface area contributed by atoms with E-state index in [1.54, 1.807) is 23.4 Å². The van der Waals surface area contributed by atoms with Crippen molar-refractivity contribution in [2.45, 2.75) is 10.8 Å². The predicted molar refractivity (Wildman–Crippen MR) is 106 cm³/mol. The van der Waals surface area contributed by atoms with Crippen LogP contribution in [-0.2, 0) is 5.75 Å². The van der Waals surface area contributed by atoms with E-state index in [1.165, 1.54) is 5.56 Å². The molecule has 0 saturated carbocycles. The smallest absolute Gasteiger partial charge is 0.185 e. The summed E-state index contributed by atoms with van der Waals surface area (Å²) in [4.78, 5) is 0. The number of nitrogens with zero attached hydrogens (tertiary/aromatic N) is 4. The molecule has 2 heterocycles. The number of hydrogen-bond acceptors (Lipinski definition) is 5. The number of hydrogen-bond donors (Lipinski definition) is 0. The molecule has 0 amide bonds. The fraction of sp³-hybridized carbons (Fsp3) is 0.105. The number of thioether (sulfide) groups is 1. The Kier molecular flexibility index (Phi) is 4.90. The highest BCUT2D eigenvalue weighted by atomic mass is 79.9. The van der Waals surface area contributed by atoms with Crippen molar-refractivity contribution in [1.29, 1.82) is 0 Å². The van der Waals surface area contributed by atoms with Gasteiger partial charge in [-0.1, -0.05) is 39.8 Å². The van der Waals surface area contributed by atoms with Crippen LogP contribution in [0.25, 0.3) is 17.0 Å². The van der Waals surface area contributed by atoms with E-state index in [4.69, 9.17) is 9.84 Å². The maximum atomic E-state index is 5.21. The lowest BCUT2D eigenvalue weighted by atomic mass is 10.2. The lowest BCUT2D eigenvalue weighted by Crippen LogP contribution is -1.96. The normalized spacial score (nSPS) is 11.0. The summed E-state index contributed by atoms with van der Waals surface area (Å²) in [5.41, 5.74) is 2.92. The predicted octanol–water partition coefficient (Wildman–Crippen LogP) is 4.85. The lowest BCUT2D eigenvalue weighted by Gasteiger charge is -2.04. The third kappa shape index (κ3) is 3.59. The van der Waals surface area contributed by atoms with Crippen molar-refractivity contribution in [3.8, 4) is 17.1 Å². The summed E-state index contributed by atoms with van der Waals surface area (Å²) >= 11 is 5.14. The van der Waals surface area contributed by atoms with Crippen LogP contribution >= 0.6 is 27.7 Å². The Morgan fingerprint density at radius 2 is 1.73 bits per heavy atom. The van der Waals surface area contributed by atoms with E-state index in [2.05, 4.69) is 38.3 Å². The first kappa shape index (κ1) is 17.1. The van der Waals surface area contributed by atoms with Gasteiger partial charge in [-0.2, -0.15) is 9.61 Å². The topological polar surface area (TPSA) is 52.3 Å². The zero-order chi connectivity index (χ0) is 17.9. The molecule has 0 N–H and O–H groups in total. The van der Waals surface area contributed by atoms with Gasteiger partial charge in [0.1, 0.15) is 10.8 Å². The summed E-state index contributed by atoms with van der Waals surface area (Å²) in [7, 11) is 1.65. The minimum Gasteiger partial charge on any atom is -0.497 e. The Morgan fingerprint density at radius 1 is 0.962 bits per heavy atom. The zero-order valence-corrected chi connectivity index (χ0v) is 16.4. The van der Waals surface area contributed by atoms with E-state index >= 15 is 0 Å². The molecule has 0 fully saturated rings. The molecule has 0 aliphatic rings. The van der Waals surface area contributed by atoms with E-state index in [9.17, 15) is 0 Å². The van der Waals surface area contributed by atoms with E-state index in [-0.39, 0.29) is 0 Å². The lowest BCUT2D eigenvalue weighted by molar-refractivity contribution is 0.415. The minimum atomic E-state index is 0.716. The number of halogens is 1. The molecule has 0 aliphatic carbocycles. The Bertz CT molecular complexity index is 1030. The Hall–Kier alpha value is -2.38. The van der Waals surface area contributed by atoms with Crippen LogP contribution in [0, 0.1) is 0 Å². The number of aromatic nitrogens is 4. The van der Waals surface area contributed by atoms with Crippen molar-refractivity contribution in [2.24, 2.45) is 0 Å². The van der Waals surface area contributed by atoms with Crippen molar-refractivity contribution >= 4 is 33.3 Å². The second-order valence-corrected chi connectivity index (χ2v) is 7.52. The fourth-order valence-corrected chi connectivity index (χ4v) is 3.58. The molecule has 26 heavy (non-hydrogen) atoms. The Balaban J connectivity index is 1.60. The first-order valence-electron chi connectivity index (χ1n) is 7.97. The molecule has 0 atom stereocenters. The van der Waals surface area contributed by atoms with Crippen LogP contribution in [0.15, 0.2) is 70.2 Å². The number of fused-ring (bicyclic) bond motifs is 1. The second kappa shape index (κ2) is 7.47. The van der Waals surface area contributed by atoms with Crippen LogP contribution in [0.3, 0.4) is 0 Å². The highest BCUT2D eigenvalue weighted by molar-refractivity contribution is 9.10. The van der Waals surface area contributed by atoms with E-state index in [1.807, 2.05) is 48.5 Å². The van der Waals surface area contributed by atoms with Crippen molar-refractivity contribution in [1.82, 2.24) is 19.8 Å². The highest BCUT2D eigenvalue weighted by Crippen LogP contribution is 2.25. The summed E-state index contributed by atoms with van der Waals surface area (Å²) in [5.74, 6) is 2.38. The molecule has 0 unspecified atom stereocenters. The minimum absolute atomic E-state index is 0.716. The van der Waals surface area contributed by atoms with Crippen LogP contribution in [0.5, 0.6) is 5.75 Å². The molecule has 0 radical (unpaired) electrons. The Labute approximate surface area is 163 Å². The van der Waals surface area contributed by atoms with Gasteiger partial charge in [0.25, 0.3) is 0 Å². The number of ether oxygens (including phenoxy) is 1. The van der Waals surface area contributed by atoms with Gasteiger partial charge in [0.15, 0.2) is 11.5 Å². The van der Waals surface area contributed by atoms with E-state index in [0.29, 0.717) is 5.82 Å². The maximum absolute atomic E-state index is 5.21. The van der Waals surface area contributed by atoms with Gasteiger partial charge >= 0.3 is 0 Å². The molecular formula is C19H15BrN4OS. The van der Waals surface area contributed by atoms with Gasteiger partial charge in [-0.05, 0) is 54.1 Å². The molecule has 0 aliphatic heterocycles. The molecule has 4 aromatic rings. The zero-order valence-electron chi connectivity index (χ0n) is 14.0. The van der Waals surface area contributed by atoms with Gasteiger partial charge in [0.05, 0.1) is 7.11 Å². The van der Waals surface area contributed by atoms with Crippen molar-refractivity contribution in [3.63, 3.8) is 0 Å². The van der Waals surface area contributed by atoms with Gasteiger partial charge in [0.2, 0.25) is 0 Å². The van der Waals surface area contributed by atoms with Gasteiger partial charge in [-0.15, -0.1) is 10.2 Å². The molecule has 5 nitrogen and oxygen atoms in total. The third-order valence-corrected chi connectivity index (χ3v) is 5.41. The van der Waals surface area contributed by atoms with Gasteiger partial charge < -0.3 is 4.74 Å². The molecule has 0 saturated heterocycles. The van der Waals surface area contributed by atoms with Gasteiger partial charge in [-0.25, -0.2) is 0 Å². The van der Waals surface area contributed by atoms with Crippen LogP contribution in [0.4, 0.5) is 0 Å². The first-order valence-corrected chi connectivity index (χ1v) is 9.75. The third-order valence-electron chi connectivity index (χ3n) is 3.89. The maximum Gasteiger partial charge on any atom is 0.185 e. The summed E-state index contributed by atoms with van der Waals surface area (Å²) in [6.45, 7) is 0. The summed E-state index contributed by atoms with van der Waals surface area (Å²) < 4.78 is 8.08. The van der Waals surface area contributed by atoms with Crippen LogP contribution in [0.2, 0.25) is 0 Å². The average molecular weight is 427 g/mol. The molecule has 0 spiro atoms. The molecular weight excluding hydrogens is 412 g/mol. The van der Waals surface area contributed by atoms with Crippen molar-refractivity contribution in [3.05, 3.63) is 70.7 Å². The molecule has 2 aromatic carbocycles. The standard InChI is InChI=1S/C19H15BrN4OS/c1-25-16-8-4-14(5-9-16)19-22-21-17-10-11-18(23-24(17)19)26-12-13-2-6-15(20)7-3-13/h2-11H,12H2,1H3. The van der Waals surface area contributed by atoms with Crippen LogP contribution in [-0.4, -0.2) is 26.9 Å². The van der Waals surface area contributed by atoms with Crippen molar-refractivity contribution < 1.29 is 4.74 Å².